The molecule has 0 saturated carbocycles. The second-order valence-corrected chi connectivity index (χ2v) is 2.71. The molecule has 0 radical (unpaired) electrons. The first kappa shape index (κ1) is 8.69. The summed E-state index contributed by atoms with van der Waals surface area (Å²) in [5.74, 6) is -0.199. The van der Waals surface area contributed by atoms with Gasteiger partial charge < -0.3 is 4.74 Å². The highest BCUT2D eigenvalue weighted by molar-refractivity contribution is 9.11. The minimum absolute atomic E-state index is 0.199. The van der Waals surface area contributed by atoms with Crippen LogP contribution in [0.5, 0.6) is 0 Å². The van der Waals surface area contributed by atoms with E-state index in [1.54, 1.807) is 0 Å². The van der Waals surface area contributed by atoms with E-state index < -0.39 is 0 Å². The maximum atomic E-state index is 10.4. The van der Waals surface area contributed by atoms with Gasteiger partial charge in [0, 0.05) is 0 Å². The number of methoxy groups -OCH3 is 1. The van der Waals surface area contributed by atoms with Gasteiger partial charge in [-0.2, -0.15) is 0 Å². The average molecular weight is 193 g/mol. The number of ether oxygens (including phenoxy) is 1. The molecular weight excluding hydrogens is 184 g/mol. The molecule has 0 aromatic heterocycles. The summed E-state index contributed by atoms with van der Waals surface area (Å²) in [7, 11) is 1.37. The zero-order chi connectivity index (χ0) is 7.28. The SMILES string of the molecule is C=C(Br)CCC(=O)OC. The number of rotatable bonds is 3. The fraction of sp³-hybridized carbons (Fsp3) is 0.500. The second kappa shape index (κ2) is 4.56. The summed E-state index contributed by atoms with van der Waals surface area (Å²) in [4.78, 5) is 10.4. The maximum Gasteiger partial charge on any atom is 0.305 e. The molecule has 0 N–H and O–H groups in total. The molecule has 2 nitrogen and oxygen atoms in total. The fourth-order valence-electron chi connectivity index (χ4n) is 0.340. The van der Waals surface area contributed by atoms with E-state index in [-0.39, 0.29) is 5.97 Å². The van der Waals surface area contributed by atoms with Gasteiger partial charge in [-0.3, -0.25) is 4.79 Å². The van der Waals surface area contributed by atoms with Crippen molar-refractivity contribution in [2.75, 3.05) is 7.11 Å². The van der Waals surface area contributed by atoms with Crippen LogP contribution in [0.1, 0.15) is 12.8 Å². The molecule has 0 rings (SSSR count). The zero-order valence-electron chi connectivity index (χ0n) is 5.32. The van der Waals surface area contributed by atoms with E-state index in [1.807, 2.05) is 0 Å². The van der Waals surface area contributed by atoms with Crippen molar-refractivity contribution in [3.8, 4) is 0 Å². The van der Waals surface area contributed by atoms with Gasteiger partial charge in [0.2, 0.25) is 0 Å². The molecule has 0 atom stereocenters. The molecular formula is C6H9BrO2. The van der Waals surface area contributed by atoms with E-state index >= 15 is 0 Å². The lowest BCUT2D eigenvalue weighted by Crippen LogP contribution is -1.98. The van der Waals surface area contributed by atoms with Crippen LogP contribution in [0.15, 0.2) is 11.1 Å². The van der Waals surface area contributed by atoms with E-state index in [4.69, 9.17) is 0 Å². The molecule has 0 bridgehead atoms. The van der Waals surface area contributed by atoms with Gasteiger partial charge in [0.25, 0.3) is 0 Å². The van der Waals surface area contributed by atoms with Gasteiger partial charge in [-0.15, -0.1) is 0 Å². The van der Waals surface area contributed by atoms with Crippen molar-refractivity contribution in [3.05, 3.63) is 11.1 Å². The molecule has 0 unspecified atom stereocenters. The Balaban J connectivity index is 3.28. The van der Waals surface area contributed by atoms with Crippen LogP contribution in [-0.4, -0.2) is 13.1 Å². The number of hydrogen-bond donors (Lipinski definition) is 0. The lowest BCUT2D eigenvalue weighted by molar-refractivity contribution is -0.140. The summed E-state index contributed by atoms with van der Waals surface area (Å²) in [5, 5.41) is 0. The highest BCUT2D eigenvalue weighted by Gasteiger charge is 1.98. The van der Waals surface area contributed by atoms with E-state index in [1.165, 1.54) is 7.11 Å². The van der Waals surface area contributed by atoms with Crippen molar-refractivity contribution >= 4 is 21.9 Å². The van der Waals surface area contributed by atoms with Crippen molar-refractivity contribution in [1.29, 1.82) is 0 Å². The van der Waals surface area contributed by atoms with Crippen LogP contribution in [0.25, 0.3) is 0 Å². The lowest BCUT2D eigenvalue weighted by atomic mass is 10.3. The number of carbonyl (C=O) groups is 1. The first-order chi connectivity index (χ1) is 4.16. The Morgan fingerprint density at radius 1 is 1.67 bits per heavy atom. The number of allylic oxidation sites excluding steroid dienone is 1. The molecule has 3 heteroatoms. The number of esters is 1. The molecule has 0 aliphatic carbocycles. The van der Waals surface area contributed by atoms with Crippen molar-refractivity contribution in [2.45, 2.75) is 12.8 Å². The van der Waals surface area contributed by atoms with Crippen LogP contribution >= 0.6 is 15.9 Å². The van der Waals surface area contributed by atoms with Gasteiger partial charge in [0.1, 0.15) is 0 Å². The van der Waals surface area contributed by atoms with Crippen LogP contribution < -0.4 is 0 Å². The van der Waals surface area contributed by atoms with Crippen LogP contribution in [-0.2, 0) is 9.53 Å². The highest BCUT2D eigenvalue weighted by Crippen LogP contribution is 2.09. The monoisotopic (exact) mass is 192 g/mol. The van der Waals surface area contributed by atoms with Crippen LogP contribution in [0.2, 0.25) is 0 Å². The molecule has 0 aliphatic heterocycles. The zero-order valence-corrected chi connectivity index (χ0v) is 6.90. The molecule has 52 valence electrons. The summed E-state index contributed by atoms with van der Waals surface area (Å²) < 4.78 is 5.23. The molecule has 0 saturated heterocycles. The van der Waals surface area contributed by atoms with E-state index in [9.17, 15) is 4.79 Å². The normalized spacial score (nSPS) is 8.67. The van der Waals surface area contributed by atoms with Gasteiger partial charge in [-0.25, -0.2) is 0 Å². The van der Waals surface area contributed by atoms with Crippen LogP contribution in [0.4, 0.5) is 0 Å². The predicted molar refractivity (Wildman–Crippen MR) is 39.3 cm³/mol. The number of carbonyl (C=O) groups excluding carboxylic acids is 1. The van der Waals surface area contributed by atoms with Gasteiger partial charge in [-0.1, -0.05) is 22.5 Å². The van der Waals surface area contributed by atoms with Gasteiger partial charge in [0.15, 0.2) is 0 Å². The van der Waals surface area contributed by atoms with Crippen molar-refractivity contribution in [2.24, 2.45) is 0 Å². The molecule has 0 aliphatic rings. The third-order valence-electron chi connectivity index (χ3n) is 0.828. The average Bonchev–Trinajstić information content (AvgIpc) is 1.83. The minimum Gasteiger partial charge on any atom is -0.469 e. The Morgan fingerprint density at radius 3 is 2.56 bits per heavy atom. The quantitative estimate of drug-likeness (QED) is 0.639. The van der Waals surface area contributed by atoms with Crippen LogP contribution in [0, 0.1) is 0 Å². The Bertz CT molecular complexity index is 120. The molecule has 0 aromatic rings. The van der Waals surface area contributed by atoms with E-state index in [0.29, 0.717) is 12.8 Å². The number of hydrogen-bond acceptors (Lipinski definition) is 2. The maximum absolute atomic E-state index is 10.4. The third-order valence-corrected chi connectivity index (χ3v) is 1.22. The summed E-state index contributed by atoms with van der Waals surface area (Å²) in [6.45, 7) is 3.57. The first-order valence-electron chi connectivity index (χ1n) is 2.57. The predicted octanol–water partition coefficient (Wildman–Crippen LogP) is 1.85. The summed E-state index contributed by atoms with van der Waals surface area (Å²) >= 11 is 3.13. The molecule has 0 spiro atoms. The molecule has 0 amide bonds. The molecule has 0 aromatic carbocycles. The summed E-state index contributed by atoms with van der Waals surface area (Å²) in [5.41, 5.74) is 0. The Kier molecular flexibility index (Phi) is 4.40. The van der Waals surface area contributed by atoms with Crippen molar-refractivity contribution in [3.63, 3.8) is 0 Å². The highest BCUT2D eigenvalue weighted by atomic mass is 79.9. The topological polar surface area (TPSA) is 26.3 Å². The van der Waals surface area contributed by atoms with E-state index in [2.05, 4.69) is 27.2 Å². The summed E-state index contributed by atoms with van der Waals surface area (Å²) in [6.07, 6.45) is 1.05. The van der Waals surface area contributed by atoms with Crippen molar-refractivity contribution in [1.82, 2.24) is 0 Å². The van der Waals surface area contributed by atoms with Gasteiger partial charge in [-0.05, 0) is 10.9 Å². The fourth-order valence-corrected chi connectivity index (χ4v) is 0.538. The van der Waals surface area contributed by atoms with Crippen molar-refractivity contribution < 1.29 is 9.53 Å². The van der Waals surface area contributed by atoms with Crippen LogP contribution in [0.3, 0.4) is 0 Å². The third kappa shape index (κ3) is 5.56. The molecule has 9 heavy (non-hydrogen) atoms. The Morgan fingerprint density at radius 2 is 2.22 bits per heavy atom. The van der Waals surface area contributed by atoms with Gasteiger partial charge >= 0.3 is 5.97 Å². The Labute approximate surface area is 63.0 Å². The smallest absolute Gasteiger partial charge is 0.305 e. The first-order valence-corrected chi connectivity index (χ1v) is 3.36. The van der Waals surface area contributed by atoms with Gasteiger partial charge in [0.05, 0.1) is 13.5 Å². The largest absolute Gasteiger partial charge is 0.469 e. The lowest BCUT2D eigenvalue weighted by Gasteiger charge is -1.95. The Hall–Kier alpha value is -0.310. The standard InChI is InChI=1S/C6H9BrO2/c1-5(7)3-4-6(8)9-2/h1,3-4H2,2H3. The number of halogens is 1. The summed E-state index contributed by atoms with van der Waals surface area (Å²) in [6, 6.07) is 0. The second-order valence-electron chi connectivity index (χ2n) is 1.59. The minimum atomic E-state index is -0.199. The molecule has 0 fully saturated rings. The molecule has 0 heterocycles. The van der Waals surface area contributed by atoms with E-state index in [0.717, 1.165) is 4.48 Å².